The summed E-state index contributed by atoms with van der Waals surface area (Å²) in [5, 5.41) is 0. The predicted octanol–water partition coefficient (Wildman–Crippen LogP) is 5.66. The molecular weight excluding hydrogens is 250 g/mol. The summed E-state index contributed by atoms with van der Waals surface area (Å²) < 4.78 is 5.19. The van der Waals surface area contributed by atoms with Crippen LogP contribution in [0.25, 0.3) is 0 Å². The Morgan fingerprint density at radius 3 is 1.75 bits per heavy atom. The van der Waals surface area contributed by atoms with E-state index in [0.717, 1.165) is 6.42 Å². The molecule has 20 heavy (non-hydrogen) atoms. The number of hydrogen-bond acceptors (Lipinski definition) is 3. The molecule has 0 bridgehead atoms. The second-order valence-electron chi connectivity index (χ2n) is 6.00. The Balaban J connectivity index is 0. The van der Waals surface area contributed by atoms with Crippen molar-refractivity contribution in [3.05, 3.63) is 0 Å². The Morgan fingerprint density at radius 2 is 1.30 bits per heavy atom. The van der Waals surface area contributed by atoms with Crippen LogP contribution in [0.5, 0.6) is 0 Å². The zero-order valence-electron chi connectivity index (χ0n) is 14.1. The van der Waals surface area contributed by atoms with Gasteiger partial charge in [-0.2, -0.15) is 0 Å². The molecule has 0 saturated heterocycles. The minimum absolute atomic E-state index is 0. The first-order valence-corrected chi connectivity index (χ1v) is 8.32. The van der Waals surface area contributed by atoms with Crippen molar-refractivity contribution in [3.63, 3.8) is 0 Å². The Labute approximate surface area is 126 Å². The molecule has 0 fully saturated rings. The molecule has 0 radical (unpaired) electrons. The normalized spacial score (nSPS) is 10.4. The zero-order valence-corrected chi connectivity index (χ0v) is 14.1. The van der Waals surface area contributed by atoms with E-state index in [1.54, 1.807) is 0 Å². The van der Waals surface area contributed by atoms with E-state index in [0.29, 0.717) is 18.9 Å². The highest BCUT2D eigenvalue weighted by molar-refractivity contribution is 5.69. The van der Waals surface area contributed by atoms with Crippen molar-refractivity contribution in [1.29, 1.82) is 0 Å². The van der Waals surface area contributed by atoms with Crippen molar-refractivity contribution in [1.82, 2.24) is 6.15 Å². The van der Waals surface area contributed by atoms with E-state index in [-0.39, 0.29) is 12.1 Å². The van der Waals surface area contributed by atoms with Gasteiger partial charge in [-0.05, 0) is 12.3 Å². The van der Waals surface area contributed by atoms with Gasteiger partial charge in [0, 0.05) is 6.42 Å². The van der Waals surface area contributed by atoms with Crippen LogP contribution >= 0.6 is 0 Å². The van der Waals surface area contributed by atoms with E-state index in [2.05, 4.69) is 6.92 Å². The van der Waals surface area contributed by atoms with Gasteiger partial charge in [-0.1, -0.05) is 78.6 Å². The molecule has 0 spiro atoms. The lowest BCUT2D eigenvalue weighted by molar-refractivity contribution is -0.144. The molecule has 0 aromatic rings. The Bertz CT molecular complexity index is 205. The maximum absolute atomic E-state index is 11.3. The van der Waals surface area contributed by atoms with Gasteiger partial charge in [0.25, 0.3) is 0 Å². The number of hydrogen-bond donors (Lipinski definition) is 1. The third kappa shape index (κ3) is 17.4. The van der Waals surface area contributed by atoms with Crippen LogP contribution in [0.1, 0.15) is 91.4 Å². The molecule has 0 unspecified atom stereocenters. The van der Waals surface area contributed by atoms with Crippen LogP contribution in [-0.2, 0) is 9.53 Å². The van der Waals surface area contributed by atoms with Crippen LogP contribution in [0, 0.1) is 5.92 Å². The summed E-state index contributed by atoms with van der Waals surface area (Å²) in [5.41, 5.74) is 0. The third-order valence-electron chi connectivity index (χ3n) is 3.34. The molecule has 0 aromatic heterocycles. The van der Waals surface area contributed by atoms with Crippen LogP contribution in [-0.4, -0.2) is 12.6 Å². The fraction of sp³-hybridized carbons (Fsp3) is 0.941. The third-order valence-corrected chi connectivity index (χ3v) is 3.34. The lowest BCUT2D eigenvalue weighted by Crippen LogP contribution is -2.08. The molecule has 3 heteroatoms. The molecule has 0 aliphatic rings. The molecule has 0 aliphatic heterocycles. The lowest BCUT2D eigenvalue weighted by Gasteiger charge is -2.06. The minimum atomic E-state index is -0.0362. The molecule has 0 aromatic carbocycles. The maximum atomic E-state index is 11.3. The highest BCUT2D eigenvalue weighted by Crippen LogP contribution is 2.10. The van der Waals surface area contributed by atoms with Crippen LogP contribution in [0.2, 0.25) is 0 Å². The van der Waals surface area contributed by atoms with Crippen LogP contribution in [0.15, 0.2) is 0 Å². The van der Waals surface area contributed by atoms with Gasteiger partial charge in [-0.3, -0.25) is 4.79 Å². The molecule has 3 nitrogen and oxygen atoms in total. The summed E-state index contributed by atoms with van der Waals surface area (Å²) in [6, 6.07) is 0. The van der Waals surface area contributed by atoms with Crippen molar-refractivity contribution in [3.8, 4) is 0 Å². The second kappa shape index (κ2) is 16.5. The Kier molecular flexibility index (Phi) is 17.9. The average Bonchev–Trinajstić information content (AvgIpc) is 2.35. The van der Waals surface area contributed by atoms with Crippen molar-refractivity contribution in [2.75, 3.05) is 6.61 Å². The average molecular weight is 287 g/mol. The quantitative estimate of drug-likeness (QED) is 0.351. The van der Waals surface area contributed by atoms with E-state index in [4.69, 9.17) is 4.74 Å². The van der Waals surface area contributed by atoms with Crippen LogP contribution < -0.4 is 6.15 Å². The molecule has 0 aliphatic carbocycles. The van der Waals surface area contributed by atoms with E-state index >= 15 is 0 Å². The van der Waals surface area contributed by atoms with Gasteiger partial charge in [0.1, 0.15) is 0 Å². The van der Waals surface area contributed by atoms with Gasteiger partial charge in [-0.25, -0.2) is 0 Å². The summed E-state index contributed by atoms with van der Waals surface area (Å²) >= 11 is 0. The lowest BCUT2D eigenvalue weighted by atomic mass is 10.1. The van der Waals surface area contributed by atoms with Crippen molar-refractivity contribution < 1.29 is 9.53 Å². The van der Waals surface area contributed by atoms with E-state index < -0.39 is 0 Å². The summed E-state index contributed by atoms with van der Waals surface area (Å²) in [6.45, 7) is 6.96. The molecule has 0 saturated carbocycles. The number of esters is 1. The fourth-order valence-electron chi connectivity index (χ4n) is 2.17. The molecule has 0 atom stereocenters. The van der Waals surface area contributed by atoms with Gasteiger partial charge in [-0.15, -0.1) is 0 Å². The molecule has 0 rings (SSSR count). The molecule has 122 valence electrons. The summed E-state index contributed by atoms with van der Waals surface area (Å²) in [7, 11) is 0. The van der Waals surface area contributed by atoms with Crippen molar-refractivity contribution >= 4 is 5.97 Å². The summed E-state index contributed by atoms with van der Waals surface area (Å²) in [5.74, 6) is 0.367. The Morgan fingerprint density at radius 1 is 0.850 bits per heavy atom. The predicted molar refractivity (Wildman–Crippen MR) is 87.3 cm³/mol. The monoisotopic (exact) mass is 287 g/mol. The van der Waals surface area contributed by atoms with Gasteiger partial charge in [0.15, 0.2) is 0 Å². The van der Waals surface area contributed by atoms with E-state index in [1.807, 2.05) is 13.8 Å². The molecule has 0 heterocycles. The van der Waals surface area contributed by atoms with Gasteiger partial charge < -0.3 is 10.9 Å². The SMILES string of the molecule is CCCCCCCCCCCCOC(=O)CC(C)C.N. The second-order valence-corrected chi connectivity index (χ2v) is 6.00. The highest BCUT2D eigenvalue weighted by Gasteiger charge is 2.05. The number of ether oxygens (including phenoxy) is 1. The van der Waals surface area contributed by atoms with E-state index in [1.165, 1.54) is 57.8 Å². The number of rotatable bonds is 13. The van der Waals surface area contributed by atoms with E-state index in [9.17, 15) is 4.79 Å². The largest absolute Gasteiger partial charge is 0.466 e. The molecule has 3 N–H and O–H groups in total. The number of carbonyl (C=O) groups excluding carboxylic acids is 1. The zero-order chi connectivity index (χ0) is 14.3. The standard InChI is InChI=1S/C17H34O2.H3N/c1-4-5-6-7-8-9-10-11-12-13-14-19-17(18)15-16(2)3;/h16H,4-15H2,1-3H3;1H3. The Hall–Kier alpha value is -0.570. The smallest absolute Gasteiger partial charge is 0.306 e. The number of carbonyl (C=O) groups is 1. The van der Waals surface area contributed by atoms with Crippen LogP contribution in [0.4, 0.5) is 0 Å². The van der Waals surface area contributed by atoms with Gasteiger partial charge in [0.05, 0.1) is 6.61 Å². The molecular formula is C17H37NO2. The first-order valence-electron chi connectivity index (χ1n) is 8.32. The first kappa shape index (κ1) is 21.7. The van der Waals surface area contributed by atoms with Crippen molar-refractivity contribution in [2.45, 2.75) is 91.4 Å². The highest BCUT2D eigenvalue weighted by atomic mass is 16.5. The number of unbranched alkanes of at least 4 members (excludes halogenated alkanes) is 9. The van der Waals surface area contributed by atoms with Crippen LogP contribution in [0.3, 0.4) is 0 Å². The first-order chi connectivity index (χ1) is 9.16. The summed E-state index contributed by atoms with van der Waals surface area (Å²) in [4.78, 5) is 11.3. The molecule has 0 amide bonds. The van der Waals surface area contributed by atoms with Gasteiger partial charge >= 0.3 is 5.97 Å². The minimum Gasteiger partial charge on any atom is -0.466 e. The van der Waals surface area contributed by atoms with Gasteiger partial charge in [0.2, 0.25) is 0 Å². The maximum Gasteiger partial charge on any atom is 0.306 e. The topological polar surface area (TPSA) is 61.3 Å². The summed E-state index contributed by atoms with van der Waals surface area (Å²) in [6.07, 6.45) is 13.7. The van der Waals surface area contributed by atoms with Crippen molar-refractivity contribution in [2.24, 2.45) is 5.92 Å². The fourth-order valence-corrected chi connectivity index (χ4v) is 2.17.